The third-order valence-corrected chi connectivity index (χ3v) is 5.80. The molecule has 4 rings (SSSR count). The first-order chi connectivity index (χ1) is 15.1. The topological polar surface area (TPSA) is 73.5 Å². The molecule has 0 spiro atoms. The highest BCUT2D eigenvalue weighted by Gasteiger charge is 2.33. The highest BCUT2D eigenvalue weighted by Crippen LogP contribution is 2.33. The lowest BCUT2D eigenvalue weighted by Gasteiger charge is -2.13. The van der Waals surface area contributed by atoms with Gasteiger partial charge in [-0.25, -0.2) is 4.39 Å². The summed E-state index contributed by atoms with van der Waals surface area (Å²) in [6, 6.07) is 5.87. The Kier molecular flexibility index (Phi) is 5.71. The van der Waals surface area contributed by atoms with Crippen molar-refractivity contribution in [1.82, 2.24) is 29.8 Å². The van der Waals surface area contributed by atoms with Gasteiger partial charge in [-0.2, -0.15) is 23.4 Å². The van der Waals surface area contributed by atoms with E-state index in [-0.39, 0.29) is 18.2 Å². The van der Waals surface area contributed by atoms with Gasteiger partial charge in [-0.1, -0.05) is 11.3 Å². The van der Waals surface area contributed by atoms with Crippen molar-refractivity contribution >= 4 is 22.3 Å². The van der Waals surface area contributed by atoms with E-state index in [1.165, 1.54) is 22.2 Å². The number of aromatic nitrogens is 6. The van der Waals surface area contributed by atoms with Gasteiger partial charge in [0.2, 0.25) is 5.13 Å². The fraction of sp³-hybridized carbons (Fsp3) is 0.300. The van der Waals surface area contributed by atoms with Gasteiger partial charge in [0.1, 0.15) is 16.9 Å². The first-order valence-electron chi connectivity index (χ1n) is 9.62. The second-order valence-corrected chi connectivity index (χ2v) is 8.32. The summed E-state index contributed by atoms with van der Waals surface area (Å²) in [5, 5.41) is 21.2. The Balaban J connectivity index is 1.48. The van der Waals surface area contributed by atoms with Crippen molar-refractivity contribution in [3.05, 3.63) is 69.9 Å². The van der Waals surface area contributed by atoms with Crippen molar-refractivity contribution in [2.75, 3.05) is 5.32 Å². The molecule has 3 aromatic heterocycles. The Morgan fingerprint density at radius 1 is 1.09 bits per heavy atom. The lowest BCUT2D eigenvalue weighted by atomic mass is 10.1. The summed E-state index contributed by atoms with van der Waals surface area (Å²) in [5.41, 5.74) is 0.823. The van der Waals surface area contributed by atoms with Crippen LogP contribution in [-0.4, -0.2) is 29.8 Å². The minimum absolute atomic E-state index is 0.108. The average Bonchev–Trinajstić information content (AvgIpc) is 3.41. The molecule has 1 aromatic carbocycles. The van der Waals surface area contributed by atoms with Crippen LogP contribution in [0.4, 0.5) is 28.5 Å². The minimum atomic E-state index is -4.58. The number of hydrogen-bond donors (Lipinski definition) is 1. The summed E-state index contributed by atoms with van der Waals surface area (Å²) in [4.78, 5) is 0. The number of nitrogens with zero attached hydrogens (tertiary/aromatic N) is 6. The Bertz CT molecular complexity index is 1240. The van der Waals surface area contributed by atoms with Gasteiger partial charge in [0.15, 0.2) is 5.82 Å². The molecule has 0 amide bonds. The first kappa shape index (κ1) is 21.9. The van der Waals surface area contributed by atoms with Crippen molar-refractivity contribution in [2.24, 2.45) is 0 Å². The smallest absolute Gasteiger partial charge is 0.313 e. The molecule has 3 heterocycles. The summed E-state index contributed by atoms with van der Waals surface area (Å²) in [7, 11) is 0. The summed E-state index contributed by atoms with van der Waals surface area (Å²) in [5.74, 6) is -0.354. The molecular weight excluding hydrogens is 446 g/mol. The molecule has 32 heavy (non-hydrogen) atoms. The Morgan fingerprint density at radius 2 is 1.88 bits per heavy atom. The molecule has 0 aliphatic carbocycles. The van der Waals surface area contributed by atoms with Crippen LogP contribution < -0.4 is 5.32 Å². The third-order valence-electron chi connectivity index (χ3n) is 4.79. The summed E-state index contributed by atoms with van der Waals surface area (Å²) in [6.07, 6.45) is -3.07. The molecule has 12 heteroatoms. The maximum absolute atomic E-state index is 13.5. The maximum Gasteiger partial charge on any atom is 0.416 e. The number of rotatable bonds is 6. The summed E-state index contributed by atoms with van der Waals surface area (Å²) >= 11 is 1.33. The number of hydrogen-bond acceptors (Lipinski definition) is 6. The van der Waals surface area contributed by atoms with Gasteiger partial charge >= 0.3 is 6.18 Å². The largest absolute Gasteiger partial charge is 0.416 e. The van der Waals surface area contributed by atoms with Crippen LogP contribution in [-0.2, 0) is 12.7 Å². The standard InChI is InChI=1S/C20H19F4N7S/c1-11-8-12(2)31(28-11)13(3)18-26-27-19(32-18)25-17-6-7-30(29-17)10-14-9-15(21)4-5-16(14)20(22,23)24/h4-9,13H,10H2,1-3H3,(H,25,27,29). The second kappa shape index (κ2) is 8.34. The molecule has 0 aliphatic rings. The predicted molar refractivity (Wildman–Crippen MR) is 111 cm³/mol. The predicted octanol–water partition coefficient (Wildman–Crippen LogP) is 5.11. The second-order valence-electron chi connectivity index (χ2n) is 7.32. The molecule has 0 bridgehead atoms. The van der Waals surface area contributed by atoms with Gasteiger partial charge in [0, 0.05) is 18.0 Å². The van der Waals surface area contributed by atoms with E-state index >= 15 is 0 Å². The van der Waals surface area contributed by atoms with Gasteiger partial charge in [0.05, 0.1) is 17.8 Å². The molecule has 7 nitrogen and oxygen atoms in total. The third kappa shape index (κ3) is 4.64. The van der Waals surface area contributed by atoms with Gasteiger partial charge in [-0.15, -0.1) is 10.2 Å². The molecule has 0 aliphatic heterocycles. The van der Waals surface area contributed by atoms with E-state index in [9.17, 15) is 17.6 Å². The van der Waals surface area contributed by atoms with Crippen LogP contribution >= 0.6 is 11.3 Å². The lowest BCUT2D eigenvalue weighted by molar-refractivity contribution is -0.138. The fourth-order valence-corrected chi connectivity index (χ4v) is 4.15. The number of nitrogens with one attached hydrogen (secondary N) is 1. The quantitative estimate of drug-likeness (QED) is 0.401. The van der Waals surface area contributed by atoms with Crippen molar-refractivity contribution in [3.63, 3.8) is 0 Å². The fourth-order valence-electron chi connectivity index (χ4n) is 3.37. The van der Waals surface area contributed by atoms with Crippen LogP contribution in [0.2, 0.25) is 0 Å². The Labute approximate surface area is 184 Å². The van der Waals surface area contributed by atoms with Gasteiger partial charge in [-0.3, -0.25) is 9.36 Å². The van der Waals surface area contributed by atoms with Crippen LogP contribution in [0.15, 0.2) is 36.5 Å². The van der Waals surface area contributed by atoms with Crippen molar-refractivity contribution in [1.29, 1.82) is 0 Å². The Hall–Kier alpha value is -3.28. The van der Waals surface area contributed by atoms with Crippen molar-refractivity contribution in [2.45, 2.75) is 39.5 Å². The highest BCUT2D eigenvalue weighted by molar-refractivity contribution is 7.15. The van der Waals surface area contributed by atoms with E-state index in [2.05, 4.69) is 25.7 Å². The number of benzene rings is 1. The van der Waals surface area contributed by atoms with Crippen LogP contribution in [0.5, 0.6) is 0 Å². The Morgan fingerprint density at radius 3 is 2.56 bits per heavy atom. The molecular formula is C20H19F4N7S. The van der Waals surface area contributed by atoms with E-state index in [0.717, 1.165) is 34.6 Å². The molecule has 0 fully saturated rings. The SMILES string of the molecule is Cc1cc(C)n(C(C)c2nnc(Nc3ccn(Cc4cc(F)ccc4C(F)(F)F)n3)s2)n1. The van der Waals surface area contributed by atoms with E-state index in [0.29, 0.717) is 10.9 Å². The van der Waals surface area contributed by atoms with E-state index in [1.807, 2.05) is 31.5 Å². The van der Waals surface area contributed by atoms with Crippen LogP contribution in [0.1, 0.15) is 40.5 Å². The number of anilines is 2. The average molecular weight is 465 g/mol. The van der Waals surface area contributed by atoms with Gasteiger partial charge in [0.25, 0.3) is 0 Å². The molecule has 1 unspecified atom stereocenters. The highest BCUT2D eigenvalue weighted by atomic mass is 32.1. The minimum Gasteiger partial charge on any atom is -0.313 e. The van der Waals surface area contributed by atoms with E-state index < -0.39 is 17.6 Å². The number of aryl methyl sites for hydroxylation is 2. The zero-order valence-corrected chi connectivity index (χ0v) is 18.2. The number of halogens is 4. The molecule has 0 saturated carbocycles. The first-order valence-corrected chi connectivity index (χ1v) is 10.4. The summed E-state index contributed by atoms with van der Waals surface area (Å²) < 4.78 is 56.3. The molecule has 1 N–H and O–H groups in total. The number of alkyl halides is 3. The van der Waals surface area contributed by atoms with Gasteiger partial charge in [-0.05, 0) is 50.6 Å². The van der Waals surface area contributed by atoms with E-state index in [4.69, 9.17) is 0 Å². The van der Waals surface area contributed by atoms with Crippen LogP contribution in [0.25, 0.3) is 0 Å². The zero-order valence-electron chi connectivity index (χ0n) is 17.4. The lowest BCUT2D eigenvalue weighted by Crippen LogP contribution is -2.12. The van der Waals surface area contributed by atoms with Crippen molar-refractivity contribution < 1.29 is 17.6 Å². The monoisotopic (exact) mass is 465 g/mol. The van der Waals surface area contributed by atoms with Crippen LogP contribution in [0, 0.1) is 19.7 Å². The molecule has 4 aromatic rings. The molecule has 0 radical (unpaired) electrons. The van der Waals surface area contributed by atoms with E-state index in [1.54, 1.807) is 6.07 Å². The normalized spacial score (nSPS) is 12.8. The van der Waals surface area contributed by atoms with Crippen LogP contribution in [0.3, 0.4) is 0 Å². The maximum atomic E-state index is 13.5. The summed E-state index contributed by atoms with van der Waals surface area (Å²) in [6.45, 7) is 5.62. The zero-order chi connectivity index (χ0) is 23.0. The molecule has 0 saturated heterocycles. The van der Waals surface area contributed by atoms with Gasteiger partial charge < -0.3 is 5.32 Å². The van der Waals surface area contributed by atoms with Crippen molar-refractivity contribution in [3.8, 4) is 0 Å². The molecule has 168 valence electrons. The molecule has 1 atom stereocenters.